The molecule has 0 radical (unpaired) electrons. The van der Waals surface area contributed by atoms with Crippen LogP contribution in [0.3, 0.4) is 0 Å². The van der Waals surface area contributed by atoms with E-state index in [4.69, 9.17) is 5.73 Å². The summed E-state index contributed by atoms with van der Waals surface area (Å²) in [6.45, 7) is 3.38. The Balaban J connectivity index is 3.06. The van der Waals surface area contributed by atoms with Gasteiger partial charge in [-0.1, -0.05) is 6.07 Å². The summed E-state index contributed by atoms with van der Waals surface area (Å²) in [5, 5.41) is 0. The highest BCUT2D eigenvalue weighted by Gasteiger charge is 2.18. The van der Waals surface area contributed by atoms with E-state index in [0.29, 0.717) is 0 Å². The summed E-state index contributed by atoms with van der Waals surface area (Å²) in [5.41, 5.74) is 5.09. The molecule has 0 aliphatic carbocycles. The largest absolute Gasteiger partial charge is 0.325 e. The Labute approximate surface area is 80.7 Å². The molecule has 4 heteroatoms. The molecule has 0 aromatic heterocycles. The molecule has 0 saturated carbocycles. The highest BCUT2D eigenvalue weighted by molar-refractivity contribution is 5.22. The average Bonchev–Trinajstić information content (AvgIpc) is 2.04. The van der Waals surface area contributed by atoms with E-state index < -0.39 is 23.0 Å². The number of halogens is 3. The summed E-state index contributed by atoms with van der Waals surface area (Å²) in [6.07, 6.45) is 0.163. The van der Waals surface area contributed by atoms with Crippen LogP contribution in [0.25, 0.3) is 0 Å². The summed E-state index contributed by atoms with van der Waals surface area (Å²) < 4.78 is 38.4. The lowest BCUT2D eigenvalue weighted by Gasteiger charge is -2.18. The molecule has 0 spiro atoms. The van der Waals surface area contributed by atoms with Crippen LogP contribution in [0.15, 0.2) is 12.1 Å². The van der Waals surface area contributed by atoms with Crippen molar-refractivity contribution in [3.05, 3.63) is 35.1 Å². The Bertz CT molecular complexity index is 342. The molecule has 0 aliphatic heterocycles. The van der Waals surface area contributed by atoms with Crippen LogP contribution >= 0.6 is 0 Å². The third kappa shape index (κ3) is 2.48. The molecule has 2 N–H and O–H groups in total. The third-order valence-electron chi connectivity index (χ3n) is 1.76. The summed E-state index contributed by atoms with van der Waals surface area (Å²) in [6, 6.07) is 2.11. The lowest BCUT2D eigenvalue weighted by atomic mass is 9.96. The third-order valence-corrected chi connectivity index (χ3v) is 1.76. The normalized spacial score (nSPS) is 11.9. The Hall–Kier alpha value is -1.03. The van der Waals surface area contributed by atoms with E-state index in [-0.39, 0.29) is 12.0 Å². The first-order chi connectivity index (χ1) is 6.31. The maximum Gasteiger partial charge on any atom is 0.194 e. The quantitative estimate of drug-likeness (QED) is 0.734. The first-order valence-corrected chi connectivity index (χ1v) is 4.22. The number of rotatable bonds is 2. The van der Waals surface area contributed by atoms with Gasteiger partial charge >= 0.3 is 0 Å². The summed E-state index contributed by atoms with van der Waals surface area (Å²) in [7, 11) is 0. The molecule has 14 heavy (non-hydrogen) atoms. The molecule has 0 amide bonds. The summed E-state index contributed by atoms with van der Waals surface area (Å²) >= 11 is 0. The van der Waals surface area contributed by atoms with Crippen molar-refractivity contribution in [3.63, 3.8) is 0 Å². The second kappa shape index (κ2) is 3.61. The van der Waals surface area contributed by atoms with Crippen LogP contribution < -0.4 is 5.73 Å². The maximum absolute atomic E-state index is 13.1. The topological polar surface area (TPSA) is 26.0 Å². The van der Waals surface area contributed by atoms with Crippen molar-refractivity contribution in [1.29, 1.82) is 0 Å². The molecular formula is C10H12F3N. The van der Waals surface area contributed by atoms with Gasteiger partial charge in [-0.15, -0.1) is 0 Å². The minimum atomic E-state index is -1.44. The van der Waals surface area contributed by atoms with Crippen molar-refractivity contribution in [2.24, 2.45) is 5.73 Å². The minimum Gasteiger partial charge on any atom is -0.325 e. The van der Waals surface area contributed by atoms with Crippen molar-refractivity contribution < 1.29 is 13.2 Å². The summed E-state index contributed by atoms with van der Waals surface area (Å²) in [5.74, 6) is -3.77. The Morgan fingerprint density at radius 3 is 2.21 bits per heavy atom. The lowest BCUT2D eigenvalue weighted by Crippen LogP contribution is -2.34. The first-order valence-electron chi connectivity index (χ1n) is 4.22. The monoisotopic (exact) mass is 203 g/mol. The van der Waals surface area contributed by atoms with Crippen molar-refractivity contribution in [2.45, 2.75) is 25.8 Å². The number of nitrogens with two attached hydrogens (primary N) is 1. The van der Waals surface area contributed by atoms with E-state index in [0.717, 1.165) is 6.07 Å². The maximum atomic E-state index is 13.1. The van der Waals surface area contributed by atoms with Crippen LogP contribution in [-0.2, 0) is 6.42 Å². The fourth-order valence-corrected chi connectivity index (χ4v) is 1.19. The predicted octanol–water partition coefficient (Wildman–Crippen LogP) is 2.38. The predicted molar refractivity (Wildman–Crippen MR) is 48.3 cm³/mol. The SMILES string of the molecule is CC(C)(N)Cc1ccc(F)c(F)c1F. The minimum absolute atomic E-state index is 0.0939. The molecule has 0 heterocycles. The Kier molecular flexibility index (Phi) is 2.85. The standard InChI is InChI=1S/C10H12F3N/c1-10(2,14)5-6-3-4-7(11)9(13)8(6)12/h3-4H,5,14H2,1-2H3. The highest BCUT2D eigenvalue weighted by Crippen LogP contribution is 2.18. The molecule has 0 bridgehead atoms. The van der Waals surface area contributed by atoms with Gasteiger partial charge in [0, 0.05) is 5.54 Å². The van der Waals surface area contributed by atoms with E-state index in [1.165, 1.54) is 6.07 Å². The van der Waals surface area contributed by atoms with Crippen LogP contribution in [0.4, 0.5) is 13.2 Å². The van der Waals surface area contributed by atoms with Gasteiger partial charge in [-0.3, -0.25) is 0 Å². The smallest absolute Gasteiger partial charge is 0.194 e. The number of benzene rings is 1. The van der Waals surface area contributed by atoms with E-state index in [9.17, 15) is 13.2 Å². The molecule has 1 rings (SSSR count). The molecule has 78 valence electrons. The van der Waals surface area contributed by atoms with Crippen LogP contribution in [0.1, 0.15) is 19.4 Å². The van der Waals surface area contributed by atoms with Crippen molar-refractivity contribution >= 4 is 0 Å². The fraction of sp³-hybridized carbons (Fsp3) is 0.400. The molecular weight excluding hydrogens is 191 g/mol. The molecule has 0 atom stereocenters. The second-order valence-corrected chi connectivity index (χ2v) is 4.00. The van der Waals surface area contributed by atoms with E-state index in [1.54, 1.807) is 13.8 Å². The van der Waals surface area contributed by atoms with Crippen LogP contribution in [-0.4, -0.2) is 5.54 Å². The van der Waals surface area contributed by atoms with Gasteiger partial charge in [0.2, 0.25) is 0 Å². The van der Waals surface area contributed by atoms with Gasteiger partial charge in [0.25, 0.3) is 0 Å². The molecule has 1 aromatic carbocycles. The van der Waals surface area contributed by atoms with Crippen molar-refractivity contribution in [1.82, 2.24) is 0 Å². The average molecular weight is 203 g/mol. The number of hydrogen-bond acceptors (Lipinski definition) is 1. The molecule has 1 nitrogen and oxygen atoms in total. The second-order valence-electron chi connectivity index (χ2n) is 4.00. The molecule has 1 aromatic rings. The van der Waals surface area contributed by atoms with Crippen LogP contribution in [0.2, 0.25) is 0 Å². The molecule has 0 fully saturated rings. The first kappa shape index (κ1) is 11.0. The van der Waals surface area contributed by atoms with Gasteiger partial charge < -0.3 is 5.73 Å². The van der Waals surface area contributed by atoms with Gasteiger partial charge in [-0.05, 0) is 31.9 Å². The zero-order chi connectivity index (χ0) is 10.9. The highest BCUT2D eigenvalue weighted by atomic mass is 19.2. The van der Waals surface area contributed by atoms with Crippen molar-refractivity contribution in [2.75, 3.05) is 0 Å². The van der Waals surface area contributed by atoms with Gasteiger partial charge in [-0.25, -0.2) is 13.2 Å². The zero-order valence-electron chi connectivity index (χ0n) is 8.07. The zero-order valence-corrected chi connectivity index (χ0v) is 8.07. The van der Waals surface area contributed by atoms with Crippen molar-refractivity contribution in [3.8, 4) is 0 Å². The Morgan fingerprint density at radius 1 is 1.14 bits per heavy atom. The molecule has 0 aliphatic rings. The fourth-order valence-electron chi connectivity index (χ4n) is 1.19. The van der Waals surface area contributed by atoms with E-state index in [1.807, 2.05) is 0 Å². The van der Waals surface area contributed by atoms with Gasteiger partial charge in [0.05, 0.1) is 0 Å². The molecule has 0 unspecified atom stereocenters. The van der Waals surface area contributed by atoms with E-state index in [2.05, 4.69) is 0 Å². The number of hydrogen-bond donors (Lipinski definition) is 1. The van der Waals surface area contributed by atoms with Crippen LogP contribution in [0.5, 0.6) is 0 Å². The molecule has 0 saturated heterocycles. The van der Waals surface area contributed by atoms with Gasteiger partial charge in [0.1, 0.15) is 0 Å². The van der Waals surface area contributed by atoms with Crippen LogP contribution in [0, 0.1) is 17.5 Å². The lowest BCUT2D eigenvalue weighted by molar-refractivity contribution is 0.428. The van der Waals surface area contributed by atoms with Gasteiger partial charge in [-0.2, -0.15) is 0 Å². The van der Waals surface area contributed by atoms with E-state index >= 15 is 0 Å². The van der Waals surface area contributed by atoms with Gasteiger partial charge in [0.15, 0.2) is 17.5 Å². The summed E-state index contributed by atoms with van der Waals surface area (Å²) in [4.78, 5) is 0. The Morgan fingerprint density at radius 2 is 1.71 bits per heavy atom.